The third-order valence-corrected chi connectivity index (χ3v) is 4.64. The number of hydrogen-bond donors (Lipinski definition) is 1. The normalized spacial score (nSPS) is 22.4. The first kappa shape index (κ1) is 13.4. The fourth-order valence-corrected chi connectivity index (χ4v) is 3.28. The summed E-state index contributed by atoms with van der Waals surface area (Å²) in [6.45, 7) is 4.16. The van der Waals surface area contributed by atoms with Gasteiger partial charge in [-0.25, -0.2) is 0 Å². The number of amides is 1. The molecule has 2 heterocycles. The Morgan fingerprint density at radius 1 is 1.25 bits per heavy atom. The number of nitrogens with one attached hydrogen (secondary N) is 1. The Kier molecular flexibility index (Phi) is 3.89. The van der Waals surface area contributed by atoms with E-state index in [9.17, 15) is 4.79 Å². The Balaban J connectivity index is 1.71. The van der Waals surface area contributed by atoms with E-state index < -0.39 is 0 Å². The molecule has 4 nitrogen and oxygen atoms in total. The van der Waals surface area contributed by atoms with Crippen LogP contribution in [0, 0.1) is 0 Å². The van der Waals surface area contributed by atoms with Crippen molar-refractivity contribution in [1.82, 2.24) is 4.90 Å². The van der Waals surface area contributed by atoms with Gasteiger partial charge in [0.25, 0.3) is 5.91 Å². The van der Waals surface area contributed by atoms with Crippen molar-refractivity contribution in [2.45, 2.75) is 0 Å². The second-order valence-electron chi connectivity index (χ2n) is 5.17. The van der Waals surface area contributed by atoms with E-state index in [1.807, 2.05) is 36.4 Å². The fraction of sp³-hybridized carbons (Fsp3) is 0.333. The molecule has 0 atom stereocenters. The lowest BCUT2D eigenvalue weighted by molar-refractivity contribution is -0.883. The van der Waals surface area contributed by atoms with Crippen molar-refractivity contribution in [3.8, 4) is 0 Å². The summed E-state index contributed by atoms with van der Waals surface area (Å²) >= 11 is 1.50. The van der Waals surface area contributed by atoms with E-state index in [0.29, 0.717) is 0 Å². The number of likely N-dealkylation sites (N-methyl/N-ethyl adjacent to an activating group) is 1. The number of thioether (sulfide) groups is 1. The number of aliphatic imine (C=N–C) groups is 1. The first-order valence-electron chi connectivity index (χ1n) is 6.86. The van der Waals surface area contributed by atoms with E-state index in [1.54, 1.807) is 0 Å². The molecule has 1 aromatic rings. The van der Waals surface area contributed by atoms with Crippen molar-refractivity contribution in [3.05, 3.63) is 40.8 Å². The van der Waals surface area contributed by atoms with Gasteiger partial charge < -0.3 is 9.80 Å². The molecule has 1 fully saturated rings. The van der Waals surface area contributed by atoms with Gasteiger partial charge >= 0.3 is 0 Å². The molecule has 0 aromatic heterocycles. The van der Waals surface area contributed by atoms with Crippen molar-refractivity contribution >= 4 is 28.9 Å². The second kappa shape index (κ2) is 5.81. The van der Waals surface area contributed by atoms with Gasteiger partial charge in [0.05, 0.1) is 38.1 Å². The topological polar surface area (TPSA) is 37.1 Å². The maximum absolute atomic E-state index is 12.0. The van der Waals surface area contributed by atoms with Gasteiger partial charge in [-0.3, -0.25) is 4.79 Å². The summed E-state index contributed by atoms with van der Waals surface area (Å²) in [7, 11) is 2.20. The summed E-state index contributed by atoms with van der Waals surface area (Å²) in [5.74, 6) is -0.111. The number of piperazine rings is 1. The van der Waals surface area contributed by atoms with Gasteiger partial charge in [-0.1, -0.05) is 30.3 Å². The minimum absolute atomic E-state index is 0.111. The summed E-state index contributed by atoms with van der Waals surface area (Å²) < 4.78 is 0. The largest absolute Gasteiger partial charge is 0.339 e. The summed E-state index contributed by atoms with van der Waals surface area (Å²) in [5, 5.41) is 0.865. The second-order valence-corrected chi connectivity index (χ2v) is 6.17. The molecular formula is C15H18N3OS+. The van der Waals surface area contributed by atoms with Crippen molar-refractivity contribution in [2.24, 2.45) is 4.99 Å². The Labute approximate surface area is 123 Å². The van der Waals surface area contributed by atoms with Gasteiger partial charge in [-0.15, -0.1) is 0 Å². The number of amidine groups is 1. The van der Waals surface area contributed by atoms with Crippen LogP contribution < -0.4 is 4.90 Å². The highest BCUT2D eigenvalue weighted by Gasteiger charge is 2.28. The van der Waals surface area contributed by atoms with Crippen LogP contribution in [0.1, 0.15) is 5.56 Å². The standard InChI is InChI=1S/C15H17N3OS/c1-17-7-9-18(10-8-17)15-16-14(19)13(20-15)11-12-5-3-2-4-6-12/h2-6,11H,7-10H2,1H3/p+1. The van der Waals surface area contributed by atoms with Crippen molar-refractivity contribution in [3.63, 3.8) is 0 Å². The van der Waals surface area contributed by atoms with Crippen LogP contribution in [-0.2, 0) is 4.79 Å². The average Bonchev–Trinajstić information content (AvgIpc) is 2.82. The van der Waals surface area contributed by atoms with E-state index in [4.69, 9.17) is 0 Å². The third-order valence-electron chi connectivity index (χ3n) is 3.59. The van der Waals surface area contributed by atoms with Crippen LogP contribution in [0.4, 0.5) is 0 Å². The fourth-order valence-electron chi connectivity index (χ4n) is 2.31. The molecule has 20 heavy (non-hydrogen) atoms. The van der Waals surface area contributed by atoms with Gasteiger partial charge in [0.2, 0.25) is 0 Å². The van der Waals surface area contributed by atoms with E-state index in [1.165, 1.54) is 16.7 Å². The number of carbonyl (C=O) groups is 1. The molecule has 1 N–H and O–H groups in total. The van der Waals surface area contributed by atoms with Crippen molar-refractivity contribution in [2.75, 3.05) is 33.2 Å². The maximum atomic E-state index is 12.0. The van der Waals surface area contributed by atoms with E-state index >= 15 is 0 Å². The van der Waals surface area contributed by atoms with E-state index in [2.05, 4.69) is 16.9 Å². The smallest absolute Gasteiger partial charge is 0.286 e. The van der Waals surface area contributed by atoms with Gasteiger partial charge in [-0.2, -0.15) is 4.99 Å². The first-order chi connectivity index (χ1) is 9.72. The lowest BCUT2D eigenvalue weighted by atomic mass is 10.2. The lowest BCUT2D eigenvalue weighted by Crippen LogP contribution is -3.12. The average molecular weight is 288 g/mol. The van der Waals surface area contributed by atoms with E-state index in [-0.39, 0.29) is 5.91 Å². The third kappa shape index (κ3) is 2.94. The molecule has 3 rings (SSSR count). The molecule has 0 unspecified atom stereocenters. The molecule has 104 valence electrons. The zero-order valence-electron chi connectivity index (χ0n) is 11.5. The molecule has 0 radical (unpaired) electrons. The summed E-state index contributed by atoms with van der Waals surface area (Å²) in [4.78, 5) is 20.7. The minimum Gasteiger partial charge on any atom is -0.339 e. The molecule has 2 aliphatic rings. The number of benzene rings is 1. The summed E-state index contributed by atoms with van der Waals surface area (Å²) in [5.41, 5.74) is 1.04. The number of quaternary nitrogens is 1. The molecule has 1 aromatic carbocycles. The molecular weight excluding hydrogens is 270 g/mol. The molecule has 1 saturated heterocycles. The highest BCUT2D eigenvalue weighted by atomic mass is 32.2. The lowest BCUT2D eigenvalue weighted by Gasteiger charge is -2.30. The zero-order chi connectivity index (χ0) is 13.9. The monoisotopic (exact) mass is 288 g/mol. The Bertz CT molecular complexity index is 560. The van der Waals surface area contributed by atoms with Gasteiger partial charge in [0.1, 0.15) is 0 Å². The number of nitrogens with zero attached hydrogens (tertiary/aromatic N) is 2. The van der Waals surface area contributed by atoms with Crippen LogP contribution in [0.5, 0.6) is 0 Å². The van der Waals surface area contributed by atoms with Crippen LogP contribution >= 0.6 is 11.8 Å². The number of rotatable bonds is 1. The Morgan fingerprint density at radius 2 is 1.95 bits per heavy atom. The molecule has 1 amide bonds. The van der Waals surface area contributed by atoms with Crippen molar-refractivity contribution in [1.29, 1.82) is 0 Å². The maximum Gasteiger partial charge on any atom is 0.286 e. The Hall–Kier alpha value is -1.59. The van der Waals surface area contributed by atoms with Crippen molar-refractivity contribution < 1.29 is 9.69 Å². The van der Waals surface area contributed by atoms with E-state index in [0.717, 1.165) is 41.8 Å². The molecule has 5 heteroatoms. The molecule has 0 spiro atoms. The van der Waals surface area contributed by atoms with Gasteiger partial charge in [-0.05, 0) is 23.4 Å². The molecule has 0 aliphatic carbocycles. The number of hydrogen-bond acceptors (Lipinski definition) is 3. The SMILES string of the molecule is C[NH+]1CCN(C2=NC(=O)C(=Cc3ccccc3)S2)CC1. The van der Waals surface area contributed by atoms with Gasteiger partial charge in [0.15, 0.2) is 5.17 Å². The highest BCUT2D eigenvalue weighted by molar-refractivity contribution is 8.18. The zero-order valence-corrected chi connectivity index (χ0v) is 12.3. The molecule has 2 aliphatic heterocycles. The Morgan fingerprint density at radius 3 is 2.65 bits per heavy atom. The number of carbonyl (C=O) groups excluding carboxylic acids is 1. The highest BCUT2D eigenvalue weighted by Crippen LogP contribution is 2.30. The van der Waals surface area contributed by atoms with Crippen LogP contribution in [0.3, 0.4) is 0 Å². The predicted octanol–water partition coefficient (Wildman–Crippen LogP) is 0.487. The quantitative estimate of drug-likeness (QED) is 0.764. The summed E-state index contributed by atoms with van der Waals surface area (Å²) in [6.07, 6.45) is 1.92. The van der Waals surface area contributed by atoms with Crippen LogP contribution in [-0.4, -0.2) is 49.2 Å². The van der Waals surface area contributed by atoms with Gasteiger partial charge in [0, 0.05) is 0 Å². The molecule has 0 saturated carbocycles. The van der Waals surface area contributed by atoms with Crippen LogP contribution in [0.25, 0.3) is 6.08 Å². The van der Waals surface area contributed by atoms with Crippen LogP contribution in [0.15, 0.2) is 40.2 Å². The van der Waals surface area contributed by atoms with Crippen LogP contribution in [0.2, 0.25) is 0 Å². The summed E-state index contributed by atoms with van der Waals surface area (Å²) in [6, 6.07) is 9.92. The first-order valence-corrected chi connectivity index (χ1v) is 7.68. The predicted molar refractivity (Wildman–Crippen MR) is 82.6 cm³/mol. The minimum atomic E-state index is -0.111. The molecule has 0 bridgehead atoms.